The third kappa shape index (κ3) is 2.73. The molecule has 0 N–H and O–H groups in total. The van der Waals surface area contributed by atoms with Crippen LogP contribution in [0.3, 0.4) is 0 Å². The van der Waals surface area contributed by atoms with Crippen LogP contribution in [-0.4, -0.2) is 6.29 Å². The number of aldehydes is 1. The minimum Gasteiger partial charge on any atom is -0.298 e. The first-order chi connectivity index (χ1) is 8.60. The zero-order valence-electron chi connectivity index (χ0n) is 8.99. The fourth-order valence-electron chi connectivity index (χ4n) is 1.38. The number of hydrogen-bond donors (Lipinski definition) is 0. The summed E-state index contributed by atoms with van der Waals surface area (Å²) in [6, 6.07) is 6.59. The Balaban J connectivity index is 2.39. The van der Waals surface area contributed by atoms with Crippen LogP contribution in [0.2, 0.25) is 0 Å². The van der Waals surface area contributed by atoms with Crippen LogP contribution in [0.4, 0.5) is 13.2 Å². The molecule has 0 aliphatic rings. The molecule has 0 unspecified atom stereocenters. The van der Waals surface area contributed by atoms with E-state index in [4.69, 9.17) is 0 Å². The highest BCUT2D eigenvalue weighted by Gasteiger charge is 2.10. The second kappa shape index (κ2) is 5.27. The maximum absolute atomic E-state index is 13.4. The van der Waals surface area contributed by atoms with E-state index in [2.05, 4.69) is 0 Å². The first-order valence-electron chi connectivity index (χ1n) is 4.98. The lowest BCUT2D eigenvalue weighted by Crippen LogP contribution is -1.89. The number of hydrogen-bond acceptors (Lipinski definition) is 2. The van der Waals surface area contributed by atoms with E-state index in [1.165, 1.54) is 6.07 Å². The van der Waals surface area contributed by atoms with Crippen LogP contribution in [-0.2, 0) is 0 Å². The Kier molecular flexibility index (Phi) is 3.72. The normalized spacial score (nSPS) is 10.4. The fourth-order valence-corrected chi connectivity index (χ4v) is 2.31. The molecule has 0 heterocycles. The summed E-state index contributed by atoms with van der Waals surface area (Å²) in [5, 5.41) is 0. The minimum atomic E-state index is -0.595. The maximum atomic E-state index is 13.4. The molecule has 2 rings (SSSR count). The van der Waals surface area contributed by atoms with Gasteiger partial charge in [-0.1, -0.05) is 11.8 Å². The Morgan fingerprint density at radius 2 is 1.56 bits per heavy atom. The van der Waals surface area contributed by atoms with E-state index in [0.29, 0.717) is 11.2 Å². The van der Waals surface area contributed by atoms with E-state index in [1.54, 1.807) is 0 Å². The molecule has 0 radical (unpaired) electrons. The molecule has 0 spiro atoms. The molecule has 0 aromatic heterocycles. The van der Waals surface area contributed by atoms with E-state index in [9.17, 15) is 18.0 Å². The summed E-state index contributed by atoms with van der Waals surface area (Å²) in [6.45, 7) is 0. The highest BCUT2D eigenvalue weighted by Crippen LogP contribution is 2.32. The van der Waals surface area contributed by atoms with Crippen molar-refractivity contribution in [3.8, 4) is 0 Å². The van der Waals surface area contributed by atoms with E-state index < -0.39 is 17.5 Å². The lowest BCUT2D eigenvalue weighted by atomic mass is 10.2. The van der Waals surface area contributed by atoms with Gasteiger partial charge < -0.3 is 0 Å². The molecule has 0 saturated carbocycles. The van der Waals surface area contributed by atoms with Crippen molar-refractivity contribution >= 4 is 18.0 Å². The summed E-state index contributed by atoms with van der Waals surface area (Å²) < 4.78 is 39.3. The van der Waals surface area contributed by atoms with Crippen LogP contribution in [0.5, 0.6) is 0 Å². The molecule has 0 aliphatic heterocycles. The highest BCUT2D eigenvalue weighted by molar-refractivity contribution is 7.99. The van der Waals surface area contributed by atoms with Gasteiger partial charge in [0, 0.05) is 10.5 Å². The largest absolute Gasteiger partial charge is 0.298 e. The minimum absolute atomic E-state index is 0.0460. The first-order valence-corrected chi connectivity index (χ1v) is 5.79. The van der Waals surface area contributed by atoms with Crippen molar-refractivity contribution in [1.29, 1.82) is 0 Å². The second-order valence-electron chi connectivity index (χ2n) is 3.48. The number of carbonyl (C=O) groups is 1. The van der Waals surface area contributed by atoms with Gasteiger partial charge in [-0.2, -0.15) is 0 Å². The van der Waals surface area contributed by atoms with E-state index in [0.717, 1.165) is 42.1 Å². The second-order valence-corrected chi connectivity index (χ2v) is 4.56. The Bertz CT molecular complexity index is 599. The van der Waals surface area contributed by atoms with Gasteiger partial charge in [-0.3, -0.25) is 4.79 Å². The van der Waals surface area contributed by atoms with E-state index in [-0.39, 0.29) is 10.5 Å². The Morgan fingerprint density at radius 1 is 0.889 bits per heavy atom. The summed E-state index contributed by atoms with van der Waals surface area (Å²) in [4.78, 5) is 11.2. The van der Waals surface area contributed by atoms with E-state index >= 15 is 0 Å². The fraction of sp³-hybridized carbons (Fsp3) is 0. The first kappa shape index (κ1) is 12.7. The Hall–Kier alpha value is -1.75. The number of benzene rings is 2. The SMILES string of the molecule is O=Cc1cc(F)ccc1Sc1cc(F)ccc1F. The summed E-state index contributed by atoms with van der Waals surface area (Å²) in [7, 11) is 0. The van der Waals surface area contributed by atoms with Crippen LogP contribution in [0.15, 0.2) is 46.2 Å². The van der Waals surface area contributed by atoms with Crippen LogP contribution in [0, 0.1) is 17.5 Å². The quantitative estimate of drug-likeness (QED) is 0.781. The average Bonchev–Trinajstić information content (AvgIpc) is 2.36. The molecular weight excluding hydrogens is 261 g/mol. The van der Waals surface area contributed by atoms with Crippen molar-refractivity contribution < 1.29 is 18.0 Å². The molecule has 2 aromatic rings. The van der Waals surface area contributed by atoms with Crippen LogP contribution in [0.1, 0.15) is 10.4 Å². The van der Waals surface area contributed by atoms with Crippen LogP contribution >= 0.6 is 11.8 Å². The molecule has 0 atom stereocenters. The molecule has 0 fully saturated rings. The van der Waals surface area contributed by atoms with Crippen LogP contribution in [0.25, 0.3) is 0 Å². The molecule has 5 heteroatoms. The number of carbonyl (C=O) groups excluding carboxylic acids is 1. The van der Waals surface area contributed by atoms with Gasteiger partial charge in [0.2, 0.25) is 0 Å². The van der Waals surface area contributed by atoms with Gasteiger partial charge in [0.05, 0.1) is 4.90 Å². The monoisotopic (exact) mass is 268 g/mol. The van der Waals surface area contributed by atoms with Gasteiger partial charge in [0.25, 0.3) is 0 Å². The lowest BCUT2D eigenvalue weighted by Gasteiger charge is -2.06. The molecule has 18 heavy (non-hydrogen) atoms. The molecule has 1 nitrogen and oxygen atoms in total. The summed E-state index contributed by atoms with van der Waals surface area (Å²) >= 11 is 0.875. The average molecular weight is 268 g/mol. The molecule has 0 amide bonds. The number of halogens is 3. The Morgan fingerprint density at radius 3 is 2.28 bits per heavy atom. The van der Waals surface area contributed by atoms with Gasteiger partial charge in [-0.25, -0.2) is 13.2 Å². The van der Waals surface area contributed by atoms with Crippen LogP contribution < -0.4 is 0 Å². The summed E-state index contributed by atoms with van der Waals surface area (Å²) in [5.41, 5.74) is 0.101. The molecular formula is C13H7F3OS. The highest BCUT2D eigenvalue weighted by atomic mass is 32.2. The van der Waals surface area contributed by atoms with Gasteiger partial charge in [0.15, 0.2) is 6.29 Å². The van der Waals surface area contributed by atoms with Gasteiger partial charge >= 0.3 is 0 Å². The standard InChI is InChI=1S/C13H7F3OS/c14-9-2-4-12(8(5-9)7-17)18-13-6-10(15)1-3-11(13)16/h1-7H. The molecule has 0 saturated heterocycles. The van der Waals surface area contributed by atoms with Crippen molar-refractivity contribution in [3.63, 3.8) is 0 Å². The zero-order chi connectivity index (χ0) is 13.1. The third-order valence-corrected chi connectivity index (χ3v) is 3.34. The molecule has 2 aromatic carbocycles. The number of rotatable bonds is 3. The Labute approximate surface area is 106 Å². The smallest absolute Gasteiger partial charge is 0.151 e. The predicted molar refractivity (Wildman–Crippen MR) is 62.3 cm³/mol. The third-order valence-electron chi connectivity index (χ3n) is 2.21. The van der Waals surface area contributed by atoms with Crippen molar-refractivity contribution in [1.82, 2.24) is 0 Å². The van der Waals surface area contributed by atoms with Gasteiger partial charge in [-0.05, 0) is 36.4 Å². The van der Waals surface area contributed by atoms with Crippen molar-refractivity contribution in [3.05, 3.63) is 59.4 Å². The summed E-state index contributed by atoms with van der Waals surface area (Å²) in [5.74, 6) is -1.72. The van der Waals surface area contributed by atoms with Gasteiger partial charge in [-0.15, -0.1) is 0 Å². The predicted octanol–water partition coefficient (Wildman–Crippen LogP) is 4.07. The topological polar surface area (TPSA) is 17.1 Å². The zero-order valence-corrected chi connectivity index (χ0v) is 9.81. The van der Waals surface area contributed by atoms with Gasteiger partial charge in [0.1, 0.15) is 17.5 Å². The van der Waals surface area contributed by atoms with E-state index in [1.807, 2.05) is 0 Å². The summed E-state index contributed by atoms with van der Waals surface area (Å²) in [6.07, 6.45) is 0.475. The maximum Gasteiger partial charge on any atom is 0.151 e. The van der Waals surface area contributed by atoms with Crippen molar-refractivity contribution in [2.75, 3.05) is 0 Å². The molecule has 0 aliphatic carbocycles. The molecule has 0 bridgehead atoms. The molecule has 92 valence electrons. The van der Waals surface area contributed by atoms with Crippen molar-refractivity contribution in [2.24, 2.45) is 0 Å². The lowest BCUT2D eigenvalue weighted by molar-refractivity contribution is 0.112. The van der Waals surface area contributed by atoms with Crippen molar-refractivity contribution in [2.45, 2.75) is 9.79 Å².